The number of nitrogens with zero attached hydrogens (tertiary/aromatic N) is 2. The topological polar surface area (TPSA) is 81.0 Å². The molecule has 3 rings (SSSR count). The van der Waals surface area contributed by atoms with Gasteiger partial charge in [-0.1, -0.05) is 0 Å². The molecule has 5 heteroatoms. The van der Waals surface area contributed by atoms with Crippen molar-refractivity contribution >= 4 is 5.82 Å². The van der Waals surface area contributed by atoms with Crippen molar-refractivity contribution < 1.29 is 4.74 Å². The van der Waals surface area contributed by atoms with Crippen molar-refractivity contribution in [1.29, 1.82) is 5.26 Å². The van der Waals surface area contributed by atoms with Crippen LogP contribution >= 0.6 is 0 Å². The van der Waals surface area contributed by atoms with E-state index in [4.69, 9.17) is 10.5 Å². The summed E-state index contributed by atoms with van der Waals surface area (Å²) in [6.45, 7) is 0. The van der Waals surface area contributed by atoms with E-state index in [1.54, 1.807) is 31.4 Å². The first-order chi connectivity index (χ1) is 10.7. The highest BCUT2D eigenvalue weighted by molar-refractivity contribution is 5.60. The van der Waals surface area contributed by atoms with Crippen molar-refractivity contribution in [2.45, 2.75) is 25.7 Å². The molecule has 1 heterocycles. The maximum atomic E-state index is 12.8. The first kappa shape index (κ1) is 14.2. The van der Waals surface area contributed by atoms with E-state index < -0.39 is 0 Å². The quantitative estimate of drug-likeness (QED) is 0.920. The summed E-state index contributed by atoms with van der Waals surface area (Å²) in [5, 5.41) is 9.45. The highest BCUT2D eigenvalue weighted by Gasteiger charge is 2.23. The molecule has 0 unspecified atom stereocenters. The van der Waals surface area contributed by atoms with Gasteiger partial charge in [0.05, 0.1) is 18.4 Å². The summed E-state index contributed by atoms with van der Waals surface area (Å²) in [6.07, 6.45) is 3.42. The fourth-order valence-electron chi connectivity index (χ4n) is 3.04. The molecule has 1 aliphatic carbocycles. The summed E-state index contributed by atoms with van der Waals surface area (Å²) in [5.41, 5.74) is 8.66. The average molecular weight is 295 g/mol. The molecule has 0 atom stereocenters. The molecule has 22 heavy (non-hydrogen) atoms. The molecule has 0 amide bonds. The lowest BCUT2D eigenvalue weighted by molar-refractivity contribution is 0.414. The van der Waals surface area contributed by atoms with Crippen LogP contribution in [0.1, 0.15) is 29.5 Å². The maximum absolute atomic E-state index is 12.8. The third kappa shape index (κ3) is 2.13. The number of benzene rings is 1. The standard InChI is InChI=1S/C17H17N3O2/c1-22-12-8-6-11(7-9-12)20-16(19)15(10-18)13-4-2-3-5-14(13)17(20)21/h6-9H,2-5,19H2,1H3. The number of rotatable bonds is 2. The number of nitriles is 1. The van der Waals surface area contributed by atoms with E-state index in [-0.39, 0.29) is 11.4 Å². The number of nitrogen functional groups attached to an aromatic ring is 1. The Bertz CT molecular complexity index is 814. The van der Waals surface area contributed by atoms with Crippen molar-refractivity contribution in [2.75, 3.05) is 12.8 Å². The predicted octanol–water partition coefficient (Wildman–Crippen LogP) is 2.18. The Hall–Kier alpha value is -2.74. The van der Waals surface area contributed by atoms with Gasteiger partial charge in [-0.2, -0.15) is 5.26 Å². The Labute approximate surface area is 128 Å². The molecule has 5 nitrogen and oxygen atoms in total. The minimum atomic E-state index is -0.114. The molecule has 112 valence electrons. The highest BCUT2D eigenvalue weighted by Crippen LogP contribution is 2.27. The fourth-order valence-corrected chi connectivity index (χ4v) is 3.04. The van der Waals surface area contributed by atoms with Gasteiger partial charge in [0.15, 0.2) is 0 Å². The number of ether oxygens (including phenoxy) is 1. The van der Waals surface area contributed by atoms with E-state index in [2.05, 4.69) is 6.07 Å². The summed E-state index contributed by atoms with van der Waals surface area (Å²) < 4.78 is 6.56. The lowest BCUT2D eigenvalue weighted by atomic mass is 9.89. The van der Waals surface area contributed by atoms with Crippen molar-refractivity contribution in [3.63, 3.8) is 0 Å². The Morgan fingerprint density at radius 3 is 2.41 bits per heavy atom. The van der Waals surface area contributed by atoms with Gasteiger partial charge in [-0.3, -0.25) is 9.36 Å². The second-order valence-corrected chi connectivity index (χ2v) is 5.37. The number of anilines is 1. The van der Waals surface area contributed by atoms with Gasteiger partial charge in [0.25, 0.3) is 5.56 Å². The van der Waals surface area contributed by atoms with E-state index in [0.717, 1.165) is 30.4 Å². The van der Waals surface area contributed by atoms with Crippen LogP contribution < -0.4 is 16.0 Å². The molecule has 1 aromatic carbocycles. The zero-order valence-corrected chi connectivity index (χ0v) is 12.4. The molecule has 1 aromatic heterocycles. The normalized spacial score (nSPS) is 13.3. The first-order valence-electron chi connectivity index (χ1n) is 7.28. The van der Waals surface area contributed by atoms with Crippen LogP contribution in [0, 0.1) is 11.3 Å². The fraction of sp³-hybridized carbons (Fsp3) is 0.294. The molecule has 0 saturated heterocycles. The molecule has 0 bridgehead atoms. The van der Waals surface area contributed by atoms with Gasteiger partial charge >= 0.3 is 0 Å². The second kappa shape index (κ2) is 5.57. The van der Waals surface area contributed by atoms with E-state index in [9.17, 15) is 10.1 Å². The SMILES string of the molecule is COc1ccc(-n2c(N)c(C#N)c3c(c2=O)CCCC3)cc1. The van der Waals surface area contributed by atoms with Crippen LogP contribution in [0.25, 0.3) is 5.69 Å². The molecule has 2 N–H and O–H groups in total. The van der Waals surface area contributed by atoms with Gasteiger partial charge in [-0.15, -0.1) is 0 Å². The smallest absolute Gasteiger partial charge is 0.260 e. The van der Waals surface area contributed by atoms with Gasteiger partial charge < -0.3 is 10.5 Å². The first-order valence-corrected chi connectivity index (χ1v) is 7.28. The van der Waals surface area contributed by atoms with Crippen molar-refractivity contribution in [3.05, 3.63) is 51.3 Å². The molecular weight excluding hydrogens is 278 g/mol. The summed E-state index contributed by atoms with van der Waals surface area (Å²) in [7, 11) is 1.59. The van der Waals surface area contributed by atoms with Crippen LogP contribution in [0.2, 0.25) is 0 Å². The Kier molecular flexibility index (Phi) is 3.60. The molecule has 0 spiro atoms. The molecule has 2 aromatic rings. The minimum absolute atomic E-state index is 0.114. The van der Waals surface area contributed by atoms with Crippen LogP contribution in [0.3, 0.4) is 0 Å². The summed E-state index contributed by atoms with van der Waals surface area (Å²) in [6, 6.07) is 9.26. The molecule has 0 aliphatic heterocycles. The van der Waals surface area contributed by atoms with Gasteiger partial charge in [-0.25, -0.2) is 0 Å². The largest absolute Gasteiger partial charge is 0.497 e. The lowest BCUT2D eigenvalue weighted by Crippen LogP contribution is -2.29. The van der Waals surface area contributed by atoms with Crippen LogP contribution in [-0.2, 0) is 12.8 Å². The third-order valence-electron chi connectivity index (χ3n) is 4.17. The Morgan fingerprint density at radius 2 is 1.82 bits per heavy atom. The van der Waals surface area contributed by atoms with Crippen molar-refractivity contribution in [3.8, 4) is 17.5 Å². The number of nitrogens with two attached hydrogens (primary N) is 1. The number of methoxy groups -OCH3 is 1. The van der Waals surface area contributed by atoms with E-state index in [1.165, 1.54) is 4.57 Å². The van der Waals surface area contributed by atoms with Crippen molar-refractivity contribution in [1.82, 2.24) is 4.57 Å². The van der Waals surface area contributed by atoms with Crippen LogP contribution in [0.4, 0.5) is 5.82 Å². The number of pyridine rings is 1. The van der Waals surface area contributed by atoms with Gasteiger partial charge in [0.1, 0.15) is 17.6 Å². The number of aromatic nitrogens is 1. The number of hydrogen-bond donors (Lipinski definition) is 1. The monoisotopic (exact) mass is 295 g/mol. The van der Waals surface area contributed by atoms with Crippen LogP contribution in [-0.4, -0.2) is 11.7 Å². The zero-order valence-electron chi connectivity index (χ0n) is 12.4. The number of hydrogen-bond acceptors (Lipinski definition) is 4. The number of fused-ring (bicyclic) bond motifs is 1. The average Bonchev–Trinajstić information content (AvgIpc) is 2.56. The highest BCUT2D eigenvalue weighted by atomic mass is 16.5. The van der Waals surface area contributed by atoms with Gasteiger partial charge in [-0.05, 0) is 55.5 Å². The maximum Gasteiger partial charge on any atom is 0.260 e. The molecular formula is C17H17N3O2. The molecule has 0 radical (unpaired) electrons. The summed E-state index contributed by atoms with van der Waals surface area (Å²) in [4.78, 5) is 12.8. The van der Waals surface area contributed by atoms with E-state index in [1.807, 2.05) is 0 Å². The zero-order chi connectivity index (χ0) is 15.7. The van der Waals surface area contributed by atoms with Crippen LogP contribution in [0.5, 0.6) is 5.75 Å². The second-order valence-electron chi connectivity index (χ2n) is 5.37. The van der Waals surface area contributed by atoms with E-state index in [0.29, 0.717) is 23.4 Å². The van der Waals surface area contributed by atoms with Gasteiger partial charge in [0.2, 0.25) is 0 Å². The van der Waals surface area contributed by atoms with Gasteiger partial charge in [0, 0.05) is 5.56 Å². The molecule has 0 saturated carbocycles. The van der Waals surface area contributed by atoms with Crippen LogP contribution in [0.15, 0.2) is 29.1 Å². The summed E-state index contributed by atoms with van der Waals surface area (Å²) >= 11 is 0. The Morgan fingerprint density at radius 1 is 1.18 bits per heavy atom. The summed E-state index contributed by atoms with van der Waals surface area (Å²) in [5.74, 6) is 0.923. The molecule has 0 fully saturated rings. The van der Waals surface area contributed by atoms with E-state index >= 15 is 0 Å². The minimum Gasteiger partial charge on any atom is -0.497 e. The third-order valence-corrected chi connectivity index (χ3v) is 4.17. The lowest BCUT2D eigenvalue weighted by Gasteiger charge is -2.21. The van der Waals surface area contributed by atoms with Crippen molar-refractivity contribution in [2.24, 2.45) is 0 Å². The molecule has 1 aliphatic rings. The predicted molar refractivity (Wildman–Crippen MR) is 84.4 cm³/mol. The Balaban J connectivity index is 2.27.